The Hall–Kier alpha value is -2.41. The summed E-state index contributed by atoms with van der Waals surface area (Å²) in [6.45, 7) is 4.50. The molecule has 0 aromatic carbocycles. The molecule has 0 atom stereocenters. The monoisotopic (exact) mass is 398 g/mol. The van der Waals surface area contributed by atoms with E-state index in [0.717, 1.165) is 49.7 Å². The first-order chi connectivity index (χ1) is 13.7. The van der Waals surface area contributed by atoms with Crippen molar-refractivity contribution in [3.05, 3.63) is 46.8 Å². The number of carbonyl (C=O) groups excluding carboxylic acids is 2. The highest BCUT2D eigenvalue weighted by molar-refractivity contribution is 7.10. The molecule has 0 aliphatic carbocycles. The van der Waals surface area contributed by atoms with Crippen LogP contribution in [0.15, 0.2) is 41.9 Å². The first-order valence-corrected chi connectivity index (χ1v) is 10.8. The Kier molecular flexibility index (Phi) is 5.90. The number of thiophene rings is 1. The molecule has 2 aliphatic rings. The van der Waals surface area contributed by atoms with Gasteiger partial charge in [-0.3, -0.25) is 9.59 Å². The average molecular weight is 399 g/mol. The van der Waals surface area contributed by atoms with E-state index in [1.54, 1.807) is 17.5 Å². The van der Waals surface area contributed by atoms with Crippen LogP contribution in [0.2, 0.25) is 0 Å². The Morgan fingerprint density at radius 1 is 0.964 bits per heavy atom. The van der Waals surface area contributed by atoms with Crippen LogP contribution in [0.1, 0.15) is 17.7 Å². The van der Waals surface area contributed by atoms with Crippen molar-refractivity contribution < 1.29 is 9.59 Å². The predicted octanol–water partition coefficient (Wildman–Crippen LogP) is 2.27. The molecule has 0 bridgehead atoms. The standard InChI is InChI=1S/C21H26N4O2S/c26-20(16-18-4-3-15-28-18)24-9-6-17(7-10-24)21(27)25-13-11-23(12-14-25)19-5-1-2-8-22-19/h1-5,8,15,17H,6-7,9-14,16H2. The number of rotatable bonds is 4. The summed E-state index contributed by atoms with van der Waals surface area (Å²) in [6, 6.07) is 9.91. The van der Waals surface area contributed by atoms with Gasteiger partial charge in [0.15, 0.2) is 0 Å². The molecule has 0 spiro atoms. The number of carbonyl (C=O) groups is 2. The lowest BCUT2D eigenvalue weighted by atomic mass is 9.94. The Labute approximate surface area is 169 Å². The van der Waals surface area contributed by atoms with E-state index in [9.17, 15) is 9.59 Å². The summed E-state index contributed by atoms with van der Waals surface area (Å²) in [7, 11) is 0. The number of piperidine rings is 1. The number of hydrogen-bond donors (Lipinski definition) is 0. The van der Waals surface area contributed by atoms with E-state index in [2.05, 4.69) is 9.88 Å². The fourth-order valence-corrected chi connectivity index (χ4v) is 4.70. The van der Waals surface area contributed by atoms with Gasteiger partial charge in [-0.25, -0.2) is 4.98 Å². The second kappa shape index (κ2) is 8.73. The van der Waals surface area contributed by atoms with Gasteiger partial charge >= 0.3 is 0 Å². The Morgan fingerprint density at radius 3 is 2.39 bits per heavy atom. The lowest BCUT2D eigenvalue weighted by Crippen LogP contribution is -2.52. The van der Waals surface area contributed by atoms with Gasteiger partial charge in [-0.15, -0.1) is 11.3 Å². The lowest BCUT2D eigenvalue weighted by Gasteiger charge is -2.39. The number of amides is 2. The number of hydrogen-bond acceptors (Lipinski definition) is 5. The maximum absolute atomic E-state index is 12.9. The molecule has 4 rings (SSSR count). The summed E-state index contributed by atoms with van der Waals surface area (Å²) in [5.41, 5.74) is 0. The van der Waals surface area contributed by atoms with Gasteiger partial charge in [0.1, 0.15) is 5.82 Å². The van der Waals surface area contributed by atoms with E-state index in [0.29, 0.717) is 19.5 Å². The van der Waals surface area contributed by atoms with Gasteiger partial charge in [0.25, 0.3) is 0 Å². The SMILES string of the molecule is O=C(Cc1cccs1)N1CCC(C(=O)N2CCN(c3ccccn3)CC2)CC1. The first-order valence-electron chi connectivity index (χ1n) is 9.95. The highest BCUT2D eigenvalue weighted by atomic mass is 32.1. The summed E-state index contributed by atoms with van der Waals surface area (Å²) in [6.07, 6.45) is 3.83. The number of piperazine rings is 1. The van der Waals surface area contributed by atoms with E-state index < -0.39 is 0 Å². The summed E-state index contributed by atoms with van der Waals surface area (Å²) >= 11 is 1.62. The Bertz CT molecular complexity index is 780. The lowest BCUT2D eigenvalue weighted by molar-refractivity contribution is -0.140. The number of anilines is 1. The van der Waals surface area contributed by atoms with Gasteiger partial charge in [0.05, 0.1) is 6.42 Å². The highest BCUT2D eigenvalue weighted by Crippen LogP contribution is 2.22. The normalized spacial score (nSPS) is 18.4. The highest BCUT2D eigenvalue weighted by Gasteiger charge is 2.31. The van der Waals surface area contributed by atoms with Crippen LogP contribution < -0.4 is 4.90 Å². The van der Waals surface area contributed by atoms with E-state index in [-0.39, 0.29) is 17.7 Å². The van der Waals surface area contributed by atoms with Gasteiger partial charge in [-0.05, 0) is 36.4 Å². The third kappa shape index (κ3) is 4.35. The van der Waals surface area contributed by atoms with Crippen LogP contribution in [0.25, 0.3) is 0 Å². The zero-order valence-electron chi connectivity index (χ0n) is 16.0. The topological polar surface area (TPSA) is 56.8 Å². The summed E-state index contributed by atoms with van der Waals surface area (Å²) < 4.78 is 0. The number of pyridine rings is 1. The largest absolute Gasteiger partial charge is 0.353 e. The fourth-order valence-electron chi connectivity index (χ4n) is 4.00. The molecule has 6 nitrogen and oxygen atoms in total. The minimum absolute atomic E-state index is 0.0483. The molecule has 0 radical (unpaired) electrons. The molecular formula is C21H26N4O2S. The second-order valence-corrected chi connectivity index (χ2v) is 8.44. The predicted molar refractivity (Wildman–Crippen MR) is 110 cm³/mol. The molecule has 0 N–H and O–H groups in total. The van der Waals surface area contributed by atoms with Crippen LogP contribution in [0.3, 0.4) is 0 Å². The maximum atomic E-state index is 12.9. The summed E-state index contributed by atoms with van der Waals surface area (Å²) in [4.78, 5) is 37.0. The van der Waals surface area contributed by atoms with Crippen LogP contribution in [0.5, 0.6) is 0 Å². The van der Waals surface area contributed by atoms with Crippen molar-refractivity contribution in [2.45, 2.75) is 19.3 Å². The third-order valence-electron chi connectivity index (χ3n) is 5.67. The molecule has 2 aromatic rings. The van der Waals surface area contributed by atoms with Gasteiger partial charge < -0.3 is 14.7 Å². The molecule has 2 amide bonds. The van der Waals surface area contributed by atoms with E-state index in [4.69, 9.17) is 0 Å². The molecule has 7 heteroatoms. The smallest absolute Gasteiger partial charge is 0.227 e. The van der Waals surface area contributed by atoms with Crippen molar-refractivity contribution in [1.82, 2.24) is 14.8 Å². The zero-order valence-corrected chi connectivity index (χ0v) is 16.8. The Morgan fingerprint density at radius 2 is 1.75 bits per heavy atom. The molecular weight excluding hydrogens is 372 g/mol. The van der Waals surface area contributed by atoms with Gasteiger partial charge in [-0.1, -0.05) is 12.1 Å². The van der Waals surface area contributed by atoms with Crippen molar-refractivity contribution in [2.75, 3.05) is 44.2 Å². The van der Waals surface area contributed by atoms with Crippen LogP contribution >= 0.6 is 11.3 Å². The molecule has 2 saturated heterocycles. The quantitative estimate of drug-likeness (QED) is 0.793. The van der Waals surface area contributed by atoms with Crippen LogP contribution in [-0.4, -0.2) is 65.9 Å². The molecule has 0 saturated carbocycles. The van der Waals surface area contributed by atoms with Crippen molar-refractivity contribution in [2.24, 2.45) is 5.92 Å². The van der Waals surface area contributed by atoms with Crippen molar-refractivity contribution in [1.29, 1.82) is 0 Å². The van der Waals surface area contributed by atoms with Gasteiger partial charge in [-0.2, -0.15) is 0 Å². The molecule has 2 fully saturated rings. The zero-order chi connectivity index (χ0) is 19.3. The van der Waals surface area contributed by atoms with E-state index >= 15 is 0 Å². The third-order valence-corrected chi connectivity index (χ3v) is 6.54. The maximum Gasteiger partial charge on any atom is 0.227 e. The van der Waals surface area contributed by atoms with Crippen molar-refractivity contribution in [3.8, 4) is 0 Å². The van der Waals surface area contributed by atoms with Crippen molar-refractivity contribution >= 4 is 29.0 Å². The van der Waals surface area contributed by atoms with Gasteiger partial charge in [0, 0.05) is 56.3 Å². The summed E-state index contributed by atoms with van der Waals surface area (Å²) in [5, 5.41) is 2.00. The Balaban J connectivity index is 1.24. The van der Waals surface area contributed by atoms with Crippen molar-refractivity contribution in [3.63, 3.8) is 0 Å². The molecule has 28 heavy (non-hydrogen) atoms. The second-order valence-electron chi connectivity index (χ2n) is 7.41. The van der Waals surface area contributed by atoms with E-state index in [1.165, 1.54) is 0 Å². The van der Waals surface area contributed by atoms with Crippen LogP contribution in [-0.2, 0) is 16.0 Å². The average Bonchev–Trinajstić information content (AvgIpc) is 3.27. The minimum Gasteiger partial charge on any atom is -0.353 e. The van der Waals surface area contributed by atoms with E-state index in [1.807, 2.05) is 45.5 Å². The number of likely N-dealkylation sites (tertiary alicyclic amines) is 1. The first kappa shape index (κ1) is 18.9. The van der Waals surface area contributed by atoms with Crippen LogP contribution in [0.4, 0.5) is 5.82 Å². The molecule has 0 unspecified atom stereocenters. The van der Waals surface area contributed by atoms with Gasteiger partial charge in [0.2, 0.25) is 11.8 Å². The fraction of sp³-hybridized carbons (Fsp3) is 0.476. The molecule has 4 heterocycles. The minimum atomic E-state index is 0.0483. The number of aromatic nitrogens is 1. The molecule has 2 aliphatic heterocycles. The van der Waals surface area contributed by atoms with Crippen LogP contribution in [0, 0.1) is 5.92 Å². The number of nitrogens with zero attached hydrogens (tertiary/aromatic N) is 4. The molecule has 2 aromatic heterocycles. The summed E-state index contributed by atoms with van der Waals surface area (Å²) in [5.74, 6) is 1.46. The molecule has 148 valence electrons.